The van der Waals surface area contributed by atoms with Gasteiger partial charge in [0.15, 0.2) is 0 Å². The fourth-order valence-electron chi connectivity index (χ4n) is 4.13. The topological polar surface area (TPSA) is 96.0 Å². The maximum atomic E-state index is 13.5. The molecular weight excluding hydrogens is 490 g/mol. The Morgan fingerprint density at radius 3 is 2.24 bits per heavy atom. The highest BCUT2D eigenvalue weighted by atomic mass is 32.2. The summed E-state index contributed by atoms with van der Waals surface area (Å²) in [5.41, 5.74) is 2.08. The zero-order chi connectivity index (χ0) is 27.8. The minimum atomic E-state index is -3.56. The third kappa shape index (κ3) is 9.39. The van der Waals surface area contributed by atoms with Gasteiger partial charge >= 0.3 is 0 Å². The van der Waals surface area contributed by atoms with Crippen LogP contribution in [0.3, 0.4) is 0 Å². The molecule has 0 bridgehead atoms. The van der Waals surface area contributed by atoms with Gasteiger partial charge in [-0.1, -0.05) is 36.8 Å². The van der Waals surface area contributed by atoms with Crippen molar-refractivity contribution in [2.75, 3.05) is 24.2 Å². The molecule has 1 N–H and O–H groups in total. The summed E-state index contributed by atoms with van der Waals surface area (Å²) >= 11 is 0. The number of amides is 2. The van der Waals surface area contributed by atoms with E-state index in [2.05, 4.69) is 5.32 Å². The van der Waals surface area contributed by atoms with Crippen LogP contribution in [0.25, 0.3) is 0 Å². The number of sulfonamides is 1. The van der Waals surface area contributed by atoms with Crippen LogP contribution < -0.4 is 14.4 Å². The van der Waals surface area contributed by atoms with E-state index in [9.17, 15) is 18.0 Å². The van der Waals surface area contributed by atoms with E-state index >= 15 is 0 Å². The molecule has 2 aromatic carbocycles. The fourth-order valence-corrected chi connectivity index (χ4v) is 5.10. The van der Waals surface area contributed by atoms with Crippen LogP contribution in [0.5, 0.6) is 5.75 Å². The van der Waals surface area contributed by atoms with Crippen LogP contribution >= 0.6 is 0 Å². The molecule has 1 atom stereocenters. The molecule has 0 saturated heterocycles. The van der Waals surface area contributed by atoms with Crippen LogP contribution in [-0.4, -0.2) is 56.6 Å². The zero-order valence-electron chi connectivity index (χ0n) is 23.1. The number of carbonyl (C=O) groups excluding carboxylic acids is 2. The van der Waals surface area contributed by atoms with E-state index in [0.717, 1.165) is 17.4 Å². The van der Waals surface area contributed by atoms with Gasteiger partial charge in [0.25, 0.3) is 0 Å². The van der Waals surface area contributed by atoms with Gasteiger partial charge in [-0.2, -0.15) is 0 Å². The van der Waals surface area contributed by atoms with E-state index in [0.29, 0.717) is 30.8 Å². The van der Waals surface area contributed by atoms with Gasteiger partial charge in [-0.05, 0) is 70.4 Å². The molecule has 0 aliphatic heterocycles. The first-order valence-corrected chi connectivity index (χ1v) is 14.4. The molecule has 0 spiro atoms. The summed E-state index contributed by atoms with van der Waals surface area (Å²) in [6, 6.07) is 14.0. The van der Waals surface area contributed by atoms with E-state index in [1.54, 1.807) is 36.3 Å². The predicted octanol–water partition coefficient (Wildman–Crippen LogP) is 4.27. The van der Waals surface area contributed by atoms with Crippen molar-refractivity contribution in [3.8, 4) is 5.75 Å². The number of nitrogens with one attached hydrogen (secondary N) is 1. The van der Waals surface area contributed by atoms with Gasteiger partial charge in [0.1, 0.15) is 11.8 Å². The molecule has 0 aliphatic carbocycles. The Morgan fingerprint density at radius 1 is 1.08 bits per heavy atom. The summed E-state index contributed by atoms with van der Waals surface area (Å²) in [5, 5.41) is 3.00. The average Bonchev–Trinajstić information content (AvgIpc) is 2.80. The number of hydrogen-bond acceptors (Lipinski definition) is 5. The van der Waals surface area contributed by atoms with E-state index in [4.69, 9.17) is 4.74 Å². The van der Waals surface area contributed by atoms with E-state index < -0.39 is 21.6 Å². The number of carbonyl (C=O) groups is 2. The normalized spacial score (nSPS) is 12.5. The first kappa shape index (κ1) is 30.2. The first-order chi connectivity index (χ1) is 17.2. The molecule has 0 aromatic heterocycles. The minimum absolute atomic E-state index is 0.104. The second-order valence-corrected chi connectivity index (χ2v) is 12.2. The molecule has 9 heteroatoms. The highest BCUT2D eigenvalue weighted by molar-refractivity contribution is 7.92. The lowest BCUT2D eigenvalue weighted by atomic mass is 10.0. The number of methoxy groups -OCH3 is 1. The van der Waals surface area contributed by atoms with Gasteiger partial charge in [0.05, 0.1) is 19.1 Å². The molecule has 0 radical (unpaired) electrons. The molecule has 2 amide bonds. The van der Waals surface area contributed by atoms with Crippen LogP contribution in [0.15, 0.2) is 48.5 Å². The van der Waals surface area contributed by atoms with Crippen LogP contribution in [0.2, 0.25) is 0 Å². The Labute approximate surface area is 222 Å². The van der Waals surface area contributed by atoms with Gasteiger partial charge in [-0.3, -0.25) is 13.9 Å². The summed E-state index contributed by atoms with van der Waals surface area (Å²) in [6.07, 6.45) is 2.01. The summed E-state index contributed by atoms with van der Waals surface area (Å²) in [6.45, 7) is 10.0. The molecule has 37 heavy (non-hydrogen) atoms. The molecule has 1 unspecified atom stereocenters. The van der Waals surface area contributed by atoms with E-state index in [1.165, 1.54) is 4.31 Å². The van der Waals surface area contributed by atoms with Gasteiger partial charge in [0.2, 0.25) is 21.8 Å². The second kappa shape index (κ2) is 12.9. The Morgan fingerprint density at radius 2 is 1.73 bits per heavy atom. The lowest BCUT2D eigenvalue weighted by Gasteiger charge is -2.33. The molecule has 0 aliphatic rings. The van der Waals surface area contributed by atoms with Crippen molar-refractivity contribution >= 4 is 27.5 Å². The van der Waals surface area contributed by atoms with E-state index in [1.807, 2.05) is 58.9 Å². The van der Waals surface area contributed by atoms with Gasteiger partial charge < -0.3 is 15.0 Å². The van der Waals surface area contributed by atoms with Gasteiger partial charge in [-0.25, -0.2) is 8.42 Å². The average molecular weight is 532 g/mol. The fraction of sp³-hybridized carbons (Fsp3) is 0.500. The number of hydrogen-bond donors (Lipinski definition) is 1. The van der Waals surface area contributed by atoms with Crippen molar-refractivity contribution in [2.45, 2.75) is 72.0 Å². The molecule has 0 fully saturated rings. The van der Waals surface area contributed by atoms with Crippen LogP contribution in [-0.2, 0) is 26.2 Å². The SMILES string of the molecule is CCC(C(=O)NC(C)(C)C)N(Cc1cccc(C)c1)C(=O)CCCN(c1ccc(OC)cc1)S(C)(=O)=O. The second-order valence-electron chi connectivity index (χ2n) is 10.3. The van der Waals surface area contributed by atoms with Crippen molar-refractivity contribution < 1.29 is 22.7 Å². The molecule has 0 saturated carbocycles. The molecule has 2 aromatic rings. The number of anilines is 1. The predicted molar refractivity (Wildman–Crippen MR) is 148 cm³/mol. The number of rotatable bonds is 12. The highest BCUT2D eigenvalue weighted by Crippen LogP contribution is 2.23. The van der Waals surface area contributed by atoms with Crippen molar-refractivity contribution in [3.63, 3.8) is 0 Å². The maximum absolute atomic E-state index is 13.5. The van der Waals surface area contributed by atoms with Gasteiger partial charge in [-0.15, -0.1) is 0 Å². The Bertz CT molecular complexity index is 1160. The first-order valence-electron chi connectivity index (χ1n) is 12.5. The Hall–Kier alpha value is -3.07. The summed E-state index contributed by atoms with van der Waals surface area (Å²) in [5.74, 6) is 0.228. The zero-order valence-corrected chi connectivity index (χ0v) is 23.9. The van der Waals surface area contributed by atoms with Gasteiger partial charge in [0, 0.05) is 25.0 Å². The minimum Gasteiger partial charge on any atom is -0.497 e. The van der Waals surface area contributed by atoms with Crippen molar-refractivity contribution in [3.05, 3.63) is 59.7 Å². The standard InChI is InChI=1S/C28H41N3O5S/c1-8-25(27(33)29-28(3,4)5)30(20-22-12-9-11-21(2)19-22)26(32)13-10-18-31(37(7,34)35)23-14-16-24(36-6)17-15-23/h9,11-12,14-17,19,25H,8,10,13,18,20H2,1-7H3,(H,29,33). The number of aryl methyl sites for hydroxylation is 1. The number of ether oxygens (including phenoxy) is 1. The Kier molecular flexibility index (Phi) is 10.5. The largest absolute Gasteiger partial charge is 0.497 e. The molecule has 2 rings (SSSR count). The molecular formula is C28H41N3O5S. The monoisotopic (exact) mass is 531 g/mol. The highest BCUT2D eigenvalue weighted by Gasteiger charge is 2.30. The summed E-state index contributed by atoms with van der Waals surface area (Å²) in [7, 11) is -2.02. The van der Waals surface area contributed by atoms with E-state index in [-0.39, 0.29) is 24.8 Å². The smallest absolute Gasteiger partial charge is 0.243 e. The molecule has 0 heterocycles. The summed E-state index contributed by atoms with van der Waals surface area (Å²) < 4.78 is 31.4. The van der Waals surface area contributed by atoms with Crippen molar-refractivity contribution in [1.82, 2.24) is 10.2 Å². The quantitative estimate of drug-likeness (QED) is 0.441. The van der Waals surface area contributed by atoms with Crippen LogP contribution in [0.1, 0.15) is 58.1 Å². The lowest BCUT2D eigenvalue weighted by Crippen LogP contribution is -2.53. The number of benzene rings is 2. The summed E-state index contributed by atoms with van der Waals surface area (Å²) in [4.78, 5) is 28.3. The van der Waals surface area contributed by atoms with Crippen LogP contribution in [0.4, 0.5) is 5.69 Å². The molecule has 8 nitrogen and oxygen atoms in total. The van der Waals surface area contributed by atoms with Crippen molar-refractivity contribution in [2.24, 2.45) is 0 Å². The third-order valence-corrected chi connectivity index (χ3v) is 7.03. The maximum Gasteiger partial charge on any atom is 0.243 e. The lowest BCUT2D eigenvalue weighted by molar-refractivity contribution is -0.142. The third-order valence-electron chi connectivity index (χ3n) is 5.83. The van der Waals surface area contributed by atoms with Crippen molar-refractivity contribution in [1.29, 1.82) is 0 Å². The Balaban J connectivity index is 2.23. The van der Waals surface area contributed by atoms with Crippen LogP contribution in [0, 0.1) is 6.92 Å². The number of nitrogens with zero attached hydrogens (tertiary/aromatic N) is 2. The molecule has 204 valence electrons.